The molecule has 1 aliphatic rings. The van der Waals surface area contributed by atoms with E-state index < -0.39 is 0 Å². The van der Waals surface area contributed by atoms with E-state index in [2.05, 4.69) is 45.0 Å². The number of benzene rings is 1. The molecule has 0 amide bonds. The predicted molar refractivity (Wildman–Crippen MR) is 74.7 cm³/mol. The Kier molecular flexibility index (Phi) is 3.92. The van der Waals surface area contributed by atoms with Crippen LogP contribution < -0.4 is 0 Å². The largest absolute Gasteiger partial charge is 0.168 e. The summed E-state index contributed by atoms with van der Waals surface area (Å²) in [5.74, 6) is 0. The van der Waals surface area contributed by atoms with Crippen LogP contribution in [0.25, 0.3) is 10.8 Å². The van der Waals surface area contributed by atoms with Crippen molar-refractivity contribution in [3.63, 3.8) is 0 Å². The summed E-state index contributed by atoms with van der Waals surface area (Å²) in [5.41, 5.74) is 5.19. The number of fused-ring (bicyclic) bond motifs is 2. The van der Waals surface area contributed by atoms with Crippen molar-refractivity contribution in [1.29, 1.82) is 0 Å². The molecule has 0 N–H and O–H groups in total. The van der Waals surface area contributed by atoms with E-state index in [9.17, 15) is 0 Å². The minimum absolute atomic E-state index is 0. The van der Waals surface area contributed by atoms with Gasteiger partial charge in [0.05, 0.1) is 0 Å². The summed E-state index contributed by atoms with van der Waals surface area (Å²) in [5, 5.41) is 2.90. The maximum atomic E-state index is 2.45. The van der Waals surface area contributed by atoms with Crippen molar-refractivity contribution in [3.8, 4) is 0 Å². The van der Waals surface area contributed by atoms with Crippen LogP contribution in [-0.4, -0.2) is 0 Å². The Morgan fingerprint density at radius 1 is 1.11 bits per heavy atom. The van der Waals surface area contributed by atoms with E-state index >= 15 is 0 Å². The first-order valence-electron chi connectivity index (χ1n) is 6.85. The molecule has 0 heterocycles. The minimum atomic E-state index is 0. The fourth-order valence-corrected chi connectivity index (χ4v) is 3.44. The van der Waals surface area contributed by atoms with Crippen LogP contribution in [-0.2, 0) is 38.7 Å². The summed E-state index contributed by atoms with van der Waals surface area (Å²) in [4.78, 5) is 0. The van der Waals surface area contributed by atoms with Crippen molar-refractivity contribution in [1.82, 2.24) is 0 Å². The van der Waals surface area contributed by atoms with Gasteiger partial charge in [0.2, 0.25) is 0 Å². The van der Waals surface area contributed by atoms with Gasteiger partial charge in [-0.15, -0.1) is 28.5 Å². The number of hydrogen-bond donors (Lipinski definition) is 0. The molecule has 1 heteroatoms. The van der Waals surface area contributed by atoms with Gasteiger partial charge in [0.25, 0.3) is 0 Å². The van der Waals surface area contributed by atoms with Crippen LogP contribution in [0, 0.1) is 12.3 Å². The van der Waals surface area contributed by atoms with Crippen molar-refractivity contribution in [2.24, 2.45) is 5.41 Å². The first kappa shape index (κ1) is 14.1. The molecule has 1 aliphatic carbocycles. The van der Waals surface area contributed by atoms with Gasteiger partial charge in [-0.2, -0.15) is 12.1 Å². The molecule has 2 aromatic rings. The summed E-state index contributed by atoms with van der Waals surface area (Å²) >= 11 is 0. The maximum Gasteiger partial charge on any atom is 0 e. The maximum absolute atomic E-state index is 2.45. The fraction of sp³-hybridized carbons (Fsp3) is 0.471. The van der Waals surface area contributed by atoms with Crippen LogP contribution in [0.5, 0.6) is 0 Å². The topological polar surface area (TPSA) is 0 Å². The second-order valence-corrected chi connectivity index (χ2v) is 5.79. The second-order valence-electron chi connectivity index (χ2n) is 5.79. The van der Waals surface area contributed by atoms with Gasteiger partial charge in [-0.05, 0) is 31.1 Å². The molecule has 0 unspecified atom stereocenters. The van der Waals surface area contributed by atoms with Crippen molar-refractivity contribution in [3.05, 3.63) is 41.0 Å². The quantitative estimate of drug-likeness (QED) is 0.500. The van der Waals surface area contributed by atoms with Crippen molar-refractivity contribution in [2.45, 2.75) is 46.5 Å². The van der Waals surface area contributed by atoms with Crippen LogP contribution in [0.2, 0.25) is 0 Å². The summed E-state index contributed by atoms with van der Waals surface area (Å²) in [6.45, 7) is 6.91. The van der Waals surface area contributed by atoms with Gasteiger partial charge in [-0.25, -0.2) is 0 Å². The van der Waals surface area contributed by atoms with Gasteiger partial charge in [-0.3, -0.25) is 0 Å². The van der Waals surface area contributed by atoms with Gasteiger partial charge in [0.15, 0.2) is 0 Å². The zero-order chi connectivity index (χ0) is 12.0. The second kappa shape index (κ2) is 5.00. The predicted octanol–water partition coefficient (Wildman–Crippen LogP) is 4.77. The third kappa shape index (κ3) is 2.05. The summed E-state index contributed by atoms with van der Waals surface area (Å²) in [6, 6.07) is 9.40. The van der Waals surface area contributed by atoms with Crippen molar-refractivity contribution in [2.75, 3.05) is 0 Å². The Balaban J connectivity index is 0.00000120. The fourth-order valence-electron chi connectivity index (χ4n) is 3.44. The van der Waals surface area contributed by atoms with Gasteiger partial charge < -0.3 is 0 Å². The molecule has 0 radical (unpaired) electrons. The Bertz CT molecular complexity index is 558. The molecule has 0 aromatic heterocycles. The van der Waals surface area contributed by atoms with Gasteiger partial charge in [0, 0.05) is 25.8 Å². The van der Waals surface area contributed by atoms with Crippen LogP contribution in [0.4, 0.5) is 0 Å². The van der Waals surface area contributed by atoms with E-state index in [1.165, 1.54) is 42.0 Å². The Morgan fingerprint density at radius 2 is 1.72 bits per heavy atom. The first-order chi connectivity index (χ1) is 8.17. The van der Waals surface area contributed by atoms with Crippen LogP contribution in [0.3, 0.4) is 0 Å². The third-order valence-corrected chi connectivity index (χ3v) is 4.94. The summed E-state index contributed by atoms with van der Waals surface area (Å²) in [7, 11) is 0. The summed E-state index contributed by atoms with van der Waals surface area (Å²) in [6.07, 6.45) is 5.19. The Morgan fingerprint density at radius 3 is 2.33 bits per heavy atom. The van der Waals surface area contributed by atoms with E-state index in [4.69, 9.17) is 0 Å². The standard InChI is InChI=1S/C17H21.Hf/c1-4-17(5-2)10-14-8-13-7-6-12(3)16(13)9-15(14)11-17;/h6-9H,4-5,10-11H2,1-3H3;/q-1;. The van der Waals surface area contributed by atoms with Crippen LogP contribution >= 0.6 is 0 Å². The van der Waals surface area contributed by atoms with E-state index in [1.807, 2.05) is 0 Å². The van der Waals surface area contributed by atoms with Gasteiger partial charge in [0.1, 0.15) is 0 Å². The smallest absolute Gasteiger partial charge is 0 e. The average Bonchev–Trinajstić information content (AvgIpc) is 2.88. The Labute approximate surface area is 129 Å². The molecule has 0 bridgehead atoms. The Hall–Kier alpha value is -0.300. The monoisotopic (exact) mass is 405 g/mol. The minimum Gasteiger partial charge on any atom is -0.168 e. The van der Waals surface area contributed by atoms with Crippen LogP contribution in [0.15, 0.2) is 24.3 Å². The van der Waals surface area contributed by atoms with E-state index in [-0.39, 0.29) is 25.8 Å². The molecular formula is C17H21Hf-. The molecular weight excluding hydrogens is 383 g/mol. The number of rotatable bonds is 2. The van der Waals surface area contributed by atoms with Gasteiger partial charge in [-0.1, -0.05) is 31.9 Å². The summed E-state index contributed by atoms with van der Waals surface area (Å²) < 4.78 is 0. The van der Waals surface area contributed by atoms with Crippen LogP contribution in [0.1, 0.15) is 43.4 Å². The molecule has 0 saturated carbocycles. The van der Waals surface area contributed by atoms with Gasteiger partial charge >= 0.3 is 0 Å². The average molecular weight is 404 g/mol. The molecule has 0 nitrogen and oxygen atoms in total. The zero-order valence-electron chi connectivity index (χ0n) is 11.6. The van der Waals surface area contributed by atoms with E-state index in [0.717, 1.165) is 0 Å². The molecule has 0 spiro atoms. The molecule has 0 fully saturated rings. The molecule has 3 rings (SSSR count). The number of hydrogen-bond acceptors (Lipinski definition) is 0. The molecule has 0 aliphatic heterocycles. The molecule has 94 valence electrons. The molecule has 0 atom stereocenters. The first-order valence-corrected chi connectivity index (χ1v) is 6.85. The van der Waals surface area contributed by atoms with Crippen molar-refractivity contribution >= 4 is 10.8 Å². The SMILES string of the molecule is CCC1(CC)Cc2cc3cc[c-](C)c3cc2C1.[Hf]. The molecule has 0 saturated heterocycles. The molecule has 2 aromatic carbocycles. The third-order valence-electron chi connectivity index (χ3n) is 4.94. The van der Waals surface area contributed by atoms with E-state index in [0.29, 0.717) is 5.41 Å². The number of aryl methyl sites for hydroxylation is 1. The van der Waals surface area contributed by atoms with Crippen molar-refractivity contribution < 1.29 is 25.8 Å². The zero-order valence-corrected chi connectivity index (χ0v) is 15.2. The van der Waals surface area contributed by atoms with E-state index in [1.54, 1.807) is 11.1 Å². The normalized spacial score (nSPS) is 16.6. The molecule has 18 heavy (non-hydrogen) atoms.